The van der Waals surface area contributed by atoms with Crippen molar-refractivity contribution in [3.05, 3.63) is 174 Å². The Bertz CT molecular complexity index is 2510. The third-order valence-corrected chi connectivity index (χ3v) is 11.3. The van der Waals surface area contributed by atoms with E-state index < -0.39 is 0 Å². The fourth-order valence-corrected chi connectivity index (χ4v) is 7.80. The van der Waals surface area contributed by atoms with Crippen molar-refractivity contribution >= 4 is 11.5 Å². The molecule has 0 fully saturated rings. The molecular weight excluding hydrogens is 707 g/mol. The lowest BCUT2D eigenvalue weighted by molar-refractivity contribution is 0.446. The summed E-state index contributed by atoms with van der Waals surface area (Å²) in [6.45, 7) is 22.1. The molecule has 2 heterocycles. The summed E-state index contributed by atoms with van der Waals surface area (Å²) >= 11 is 0. The topological polar surface area (TPSA) is 49.2 Å². The Balaban J connectivity index is 1.47. The van der Waals surface area contributed by atoms with Crippen molar-refractivity contribution in [1.29, 1.82) is 0 Å². The maximum atomic E-state index is 12.1. The van der Waals surface area contributed by atoms with Crippen LogP contribution in [-0.4, -0.2) is 21.1 Å². The van der Waals surface area contributed by atoms with Crippen molar-refractivity contribution in [3.8, 4) is 50.5 Å². The van der Waals surface area contributed by atoms with E-state index in [1.165, 1.54) is 11.1 Å². The molecule has 4 nitrogen and oxygen atoms in total. The van der Waals surface area contributed by atoms with Gasteiger partial charge in [0.2, 0.25) is 0 Å². The molecule has 0 unspecified atom stereocenters. The highest BCUT2D eigenvalue weighted by Crippen LogP contribution is 2.44. The van der Waals surface area contributed by atoms with E-state index in [1.807, 2.05) is 24.4 Å². The number of phenolic OH excluding ortho intramolecular Hbond substituents is 1. The maximum Gasteiger partial charge on any atom is 0.133 e. The van der Waals surface area contributed by atoms with E-state index in [1.54, 1.807) is 0 Å². The molecule has 4 heteroatoms. The zero-order valence-electron chi connectivity index (χ0n) is 35.8. The number of aromatic nitrogens is 2. The molecule has 0 aliphatic carbocycles. The van der Waals surface area contributed by atoms with Crippen molar-refractivity contribution in [2.75, 3.05) is 4.90 Å². The first-order valence-corrected chi connectivity index (χ1v) is 20.5. The minimum absolute atomic E-state index is 0.124. The van der Waals surface area contributed by atoms with Crippen LogP contribution in [0.4, 0.5) is 11.5 Å². The summed E-state index contributed by atoms with van der Waals surface area (Å²) in [5.74, 6) is 1.16. The summed E-state index contributed by atoms with van der Waals surface area (Å²) in [4.78, 5) is 12.5. The van der Waals surface area contributed by atoms with Crippen LogP contribution in [0.3, 0.4) is 0 Å². The van der Waals surface area contributed by atoms with E-state index in [9.17, 15) is 5.11 Å². The van der Waals surface area contributed by atoms with Gasteiger partial charge in [-0.3, -0.25) is 0 Å². The summed E-state index contributed by atoms with van der Waals surface area (Å²) in [5, 5.41) is 12.1. The van der Waals surface area contributed by atoms with Crippen LogP contribution in [0.2, 0.25) is 0 Å². The number of benzene rings is 5. The Hall–Kier alpha value is -6.00. The van der Waals surface area contributed by atoms with E-state index in [2.05, 4.69) is 202 Å². The lowest BCUT2D eigenvalue weighted by Crippen LogP contribution is -2.26. The first-order valence-electron chi connectivity index (χ1n) is 20.5. The highest BCUT2D eigenvalue weighted by molar-refractivity contribution is 5.84. The van der Waals surface area contributed by atoms with Gasteiger partial charge in [-0.15, -0.1) is 0 Å². The maximum absolute atomic E-state index is 12.1. The highest BCUT2D eigenvalue weighted by atomic mass is 16.3. The van der Waals surface area contributed by atoms with Crippen LogP contribution in [0.25, 0.3) is 44.8 Å². The molecule has 0 bridgehead atoms. The van der Waals surface area contributed by atoms with Gasteiger partial charge in [0.25, 0.3) is 0 Å². The second-order valence-electron chi connectivity index (χ2n) is 18.4. The zero-order valence-corrected chi connectivity index (χ0v) is 35.8. The second kappa shape index (κ2) is 15.7. The van der Waals surface area contributed by atoms with Gasteiger partial charge >= 0.3 is 0 Å². The monoisotopic (exact) mass is 763 g/mol. The van der Waals surface area contributed by atoms with Crippen molar-refractivity contribution in [1.82, 2.24) is 9.97 Å². The van der Waals surface area contributed by atoms with Crippen LogP contribution in [0.5, 0.6) is 5.75 Å². The molecule has 0 radical (unpaired) electrons. The van der Waals surface area contributed by atoms with Gasteiger partial charge in [0, 0.05) is 40.0 Å². The molecule has 1 N–H and O–H groups in total. The van der Waals surface area contributed by atoms with Crippen molar-refractivity contribution in [2.45, 2.75) is 91.5 Å². The average Bonchev–Trinajstić information content (AvgIpc) is 3.21. The Morgan fingerprint density at radius 3 is 1.67 bits per heavy atom. The number of hydrogen-bond donors (Lipinski definition) is 1. The SMILES string of the molecule is CC(C)N(c1cc(-c2ccc(C(C)(C)c3ccccc3)cc2)cc(-c2cc(-c3ccccc3)cc(-c3cc(C(C)(C)C)cc(C(C)(C)C)c3O)n2)c1)c1ccccn1. The lowest BCUT2D eigenvalue weighted by atomic mass is 9.78. The van der Waals surface area contributed by atoms with Crippen molar-refractivity contribution < 1.29 is 5.11 Å². The predicted octanol–water partition coefficient (Wildman–Crippen LogP) is 14.3. The van der Waals surface area contributed by atoms with Gasteiger partial charge in [0.15, 0.2) is 0 Å². The number of hydrogen-bond acceptors (Lipinski definition) is 4. The number of anilines is 2. The Morgan fingerprint density at radius 1 is 0.500 bits per heavy atom. The molecular formula is C54H57N3O. The molecule has 0 saturated heterocycles. The quantitative estimate of drug-likeness (QED) is 0.159. The van der Waals surface area contributed by atoms with Gasteiger partial charge in [-0.2, -0.15) is 0 Å². The van der Waals surface area contributed by atoms with Crippen molar-refractivity contribution in [3.63, 3.8) is 0 Å². The summed E-state index contributed by atoms with van der Waals surface area (Å²) in [7, 11) is 0. The molecule has 2 aromatic heterocycles. The smallest absolute Gasteiger partial charge is 0.133 e. The van der Waals surface area contributed by atoms with Crippen LogP contribution in [-0.2, 0) is 16.2 Å². The van der Waals surface area contributed by atoms with Gasteiger partial charge in [-0.05, 0) is 112 Å². The summed E-state index contributed by atoms with van der Waals surface area (Å²) in [6.07, 6.45) is 1.85. The van der Waals surface area contributed by atoms with Crippen LogP contribution < -0.4 is 4.90 Å². The normalized spacial score (nSPS) is 12.2. The van der Waals surface area contributed by atoms with E-state index in [0.29, 0.717) is 0 Å². The Morgan fingerprint density at radius 2 is 1.07 bits per heavy atom. The van der Waals surface area contributed by atoms with Crippen LogP contribution in [0, 0.1) is 0 Å². The molecule has 0 spiro atoms. The van der Waals surface area contributed by atoms with Crippen LogP contribution >= 0.6 is 0 Å². The molecule has 0 aliphatic rings. The second-order valence-corrected chi connectivity index (χ2v) is 18.4. The minimum atomic E-state index is -0.277. The van der Waals surface area contributed by atoms with Crippen LogP contribution in [0.15, 0.2) is 152 Å². The average molecular weight is 764 g/mol. The molecule has 7 aromatic rings. The zero-order chi connectivity index (χ0) is 41.4. The molecule has 0 saturated carbocycles. The third kappa shape index (κ3) is 8.34. The molecule has 0 amide bonds. The van der Waals surface area contributed by atoms with Gasteiger partial charge < -0.3 is 10.0 Å². The van der Waals surface area contributed by atoms with Gasteiger partial charge in [0.05, 0.1) is 11.4 Å². The minimum Gasteiger partial charge on any atom is -0.507 e. The van der Waals surface area contributed by atoms with Gasteiger partial charge in [-0.1, -0.05) is 152 Å². The van der Waals surface area contributed by atoms with E-state index in [-0.39, 0.29) is 28.0 Å². The summed E-state index contributed by atoms with van der Waals surface area (Å²) in [5.41, 5.74) is 12.6. The fraction of sp³-hybridized carbons (Fsp3) is 0.259. The number of nitrogens with zero attached hydrogens (tertiary/aromatic N) is 3. The first kappa shape index (κ1) is 40.2. The largest absolute Gasteiger partial charge is 0.507 e. The lowest BCUT2D eigenvalue weighted by Gasteiger charge is -2.29. The number of phenols is 1. The van der Waals surface area contributed by atoms with E-state index >= 15 is 0 Å². The molecule has 294 valence electrons. The number of aromatic hydroxyl groups is 1. The summed E-state index contributed by atoms with van der Waals surface area (Å²) < 4.78 is 0. The fourth-order valence-electron chi connectivity index (χ4n) is 7.80. The molecule has 5 aromatic carbocycles. The highest BCUT2D eigenvalue weighted by Gasteiger charge is 2.27. The summed E-state index contributed by atoms with van der Waals surface area (Å²) in [6, 6.07) is 51.7. The molecule has 7 rings (SSSR count). The Kier molecular flexibility index (Phi) is 10.9. The molecule has 0 aliphatic heterocycles. The van der Waals surface area contributed by atoms with E-state index in [4.69, 9.17) is 9.97 Å². The standard InChI is InChI=1S/C54H57N3O/c1-36(2)57(50-23-17-18-28-55-50)45-30-39(38-24-26-43(27-25-38)54(9,10)42-21-15-12-16-22-42)29-41(31-45)48-32-40(37-19-13-11-14-20-37)33-49(56-48)46-34-44(52(3,4)5)35-47(51(46)58)53(6,7)8/h11-36,58H,1-10H3. The van der Waals surface area contributed by atoms with Gasteiger partial charge in [-0.25, -0.2) is 9.97 Å². The molecule has 0 atom stereocenters. The first-order chi connectivity index (χ1) is 27.5. The molecule has 58 heavy (non-hydrogen) atoms. The Labute approximate surface area is 346 Å². The predicted molar refractivity (Wildman–Crippen MR) is 245 cm³/mol. The van der Waals surface area contributed by atoms with E-state index in [0.717, 1.165) is 67.4 Å². The van der Waals surface area contributed by atoms with Gasteiger partial charge in [0.1, 0.15) is 11.6 Å². The third-order valence-electron chi connectivity index (χ3n) is 11.3. The number of rotatable bonds is 9. The number of pyridine rings is 2. The van der Waals surface area contributed by atoms with Crippen LogP contribution in [0.1, 0.15) is 91.5 Å². The van der Waals surface area contributed by atoms with Crippen molar-refractivity contribution in [2.24, 2.45) is 0 Å².